The highest BCUT2D eigenvalue weighted by Gasteiger charge is 2.17. The number of aromatic nitrogens is 4. The second-order valence-corrected chi connectivity index (χ2v) is 7.44. The van der Waals surface area contributed by atoms with Crippen molar-refractivity contribution in [2.75, 3.05) is 7.05 Å². The largest absolute Gasteiger partial charge is 0.337 e. The topological polar surface area (TPSA) is 38.9 Å². The predicted octanol–water partition coefficient (Wildman–Crippen LogP) is 4.70. The lowest BCUT2D eigenvalue weighted by Gasteiger charge is -2.16. The Bertz CT molecular complexity index is 1120. The van der Waals surface area contributed by atoms with E-state index in [4.69, 9.17) is 16.7 Å². The molecule has 0 saturated heterocycles. The number of rotatable bonds is 6. The molecule has 29 heavy (non-hydrogen) atoms. The van der Waals surface area contributed by atoms with Crippen LogP contribution in [0.3, 0.4) is 0 Å². The standard InChI is InChI=1S/C22H21ClFN5/c1-27(15-21-25-11-12-28(21)2)13-16-14-29(18-9-7-17(24)8-10-18)26-22(16)19-5-3-4-6-20(19)23/h3-12,14H,13,15H2,1-2H3. The van der Waals surface area contributed by atoms with Crippen molar-refractivity contribution in [2.24, 2.45) is 7.05 Å². The van der Waals surface area contributed by atoms with Gasteiger partial charge in [-0.3, -0.25) is 4.90 Å². The van der Waals surface area contributed by atoms with E-state index in [-0.39, 0.29) is 5.82 Å². The van der Waals surface area contributed by atoms with E-state index in [1.807, 2.05) is 55.3 Å². The third-order valence-electron chi connectivity index (χ3n) is 4.78. The van der Waals surface area contributed by atoms with Crippen molar-refractivity contribution in [3.63, 3.8) is 0 Å². The average Bonchev–Trinajstić information content (AvgIpc) is 3.29. The van der Waals surface area contributed by atoms with Crippen molar-refractivity contribution in [1.82, 2.24) is 24.2 Å². The molecular weight excluding hydrogens is 389 g/mol. The van der Waals surface area contributed by atoms with Crippen LogP contribution in [0.4, 0.5) is 4.39 Å². The van der Waals surface area contributed by atoms with Gasteiger partial charge in [-0.1, -0.05) is 29.8 Å². The first-order valence-electron chi connectivity index (χ1n) is 9.25. The summed E-state index contributed by atoms with van der Waals surface area (Å²) in [6, 6.07) is 13.9. The Hall–Kier alpha value is -2.96. The van der Waals surface area contributed by atoms with E-state index >= 15 is 0 Å². The van der Waals surface area contributed by atoms with Crippen LogP contribution in [0.2, 0.25) is 5.02 Å². The van der Waals surface area contributed by atoms with Crippen LogP contribution in [0.15, 0.2) is 67.1 Å². The first-order valence-corrected chi connectivity index (χ1v) is 9.63. The summed E-state index contributed by atoms with van der Waals surface area (Å²) in [7, 11) is 4.03. The number of imidazole rings is 1. The highest BCUT2D eigenvalue weighted by molar-refractivity contribution is 6.33. The molecule has 5 nitrogen and oxygen atoms in total. The van der Waals surface area contributed by atoms with Gasteiger partial charge in [0.05, 0.1) is 22.9 Å². The average molecular weight is 410 g/mol. The zero-order valence-corrected chi connectivity index (χ0v) is 17.0. The summed E-state index contributed by atoms with van der Waals surface area (Å²) in [6.45, 7) is 1.36. The van der Waals surface area contributed by atoms with Crippen LogP contribution in [0.5, 0.6) is 0 Å². The molecule has 0 bridgehead atoms. The molecule has 0 spiro atoms. The molecule has 4 rings (SSSR count). The fraction of sp³-hybridized carbons (Fsp3) is 0.182. The van der Waals surface area contributed by atoms with Crippen LogP contribution in [0.25, 0.3) is 16.9 Å². The molecule has 0 atom stereocenters. The van der Waals surface area contributed by atoms with Crippen LogP contribution in [0, 0.1) is 5.82 Å². The SMILES string of the molecule is CN(Cc1cn(-c2ccc(F)cc2)nc1-c1ccccc1Cl)Cc1nccn1C. The van der Waals surface area contributed by atoms with Crippen molar-refractivity contribution < 1.29 is 4.39 Å². The smallest absolute Gasteiger partial charge is 0.123 e. The van der Waals surface area contributed by atoms with Gasteiger partial charge in [-0.15, -0.1) is 0 Å². The Balaban J connectivity index is 1.69. The van der Waals surface area contributed by atoms with Crippen LogP contribution in [0.1, 0.15) is 11.4 Å². The summed E-state index contributed by atoms with van der Waals surface area (Å²) < 4.78 is 17.1. The fourth-order valence-corrected chi connectivity index (χ4v) is 3.49. The van der Waals surface area contributed by atoms with Gasteiger partial charge >= 0.3 is 0 Å². The Morgan fingerprint density at radius 3 is 2.52 bits per heavy atom. The van der Waals surface area contributed by atoms with Crippen molar-refractivity contribution in [1.29, 1.82) is 0 Å². The zero-order valence-electron chi connectivity index (χ0n) is 16.3. The second kappa shape index (κ2) is 8.19. The first kappa shape index (κ1) is 19.4. The lowest BCUT2D eigenvalue weighted by Crippen LogP contribution is -2.19. The van der Waals surface area contributed by atoms with Gasteiger partial charge in [-0.2, -0.15) is 5.10 Å². The van der Waals surface area contributed by atoms with Crippen molar-refractivity contribution >= 4 is 11.6 Å². The Morgan fingerprint density at radius 1 is 1.07 bits per heavy atom. The van der Waals surface area contributed by atoms with Gasteiger partial charge in [0, 0.05) is 43.3 Å². The molecular formula is C22H21ClFN5. The van der Waals surface area contributed by atoms with Gasteiger partial charge in [0.2, 0.25) is 0 Å². The minimum atomic E-state index is -0.276. The second-order valence-electron chi connectivity index (χ2n) is 7.03. The van der Waals surface area contributed by atoms with E-state index in [1.165, 1.54) is 12.1 Å². The van der Waals surface area contributed by atoms with E-state index in [0.717, 1.165) is 28.3 Å². The molecule has 0 unspecified atom stereocenters. The molecule has 0 aliphatic heterocycles. The molecule has 0 saturated carbocycles. The number of nitrogens with zero attached hydrogens (tertiary/aromatic N) is 5. The number of hydrogen-bond acceptors (Lipinski definition) is 3. The summed E-state index contributed by atoms with van der Waals surface area (Å²) in [5, 5.41) is 5.41. The fourth-order valence-electron chi connectivity index (χ4n) is 3.27. The van der Waals surface area contributed by atoms with Crippen LogP contribution in [-0.2, 0) is 20.1 Å². The summed E-state index contributed by atoms with van der Waals surface area (Å²) in [5.74, 6) is 0.708. The van der Waals surface area contributed by atoms with Crippen molar-refractivity contribution in [3.8, 4) is 16.9 Å². The molecule has 0 aliphatic carbocycles. The van der Waals surface area contributed by atoms with Gasteiger partial charge in [0.15, 0.2) is 0 Å². The molecule has 4 aromatic rings. The Kier molecular flexibility index (Phi) is 5.47. The molecule has 0 amide bonds. The summed E-state index contributed by atoms with van der Waals surface area (Å²) in [4.78, 5) is 6.57. The quantitative estimate of drug-likeness (QED) is 0.463. The van der Waals surface area contributed by atoms with Crippen molar-refractivity contribution in [2.45, 2.75) is 13.1 Å². The molecule has 2 aromatic heterocycles. The van der Waals surface area contributed by atoms with Gasteiger partial charge in [0.1, 0.15) is 11.6 Å². The number of benzene rings is 2. The normalized spacial score (nSPS) is 11.3. The molecule has 2 aromatic carbocycles. The van der Waals surface area contributed by atoms with Crippen LogP contribution < -0.4 is 0 Å². The van der Waals surface area contributed by atoms with Gasteiger partial charge in [0.25, 0.3) is 0 Å². The highest BCUT2D eigenvalue weighted by atomic mass is 35.5. The van der Waals surface area contributed by atoms with E-state index < -0.39 is 0 Å². The highest BCUT2D eigenvalue weighted by Crippen LogP contribution is 2.30. The van der Waals surface area contributed by atoms with E-state index in [0.29, 0.717) is 18.1 Å². The monoisotopic (exact) mass is 409 g/mol. The molecule has 7 heteroatoms. The maximum Gasteiger partial charge on any atom is 0.123 e. The number of aryl methyl sites for hydroxylation is 1. The summed E-state index contributed by atoms with van der Waals surface area (Å²) in [5.41, 5.74) is 3.50. The third kappa shape index (κ3) is 4.23. The Morgan fingerprint density at radius 2 is 1.83 bits per heavy atom. The van der Waals surface area contributed by atoms with Crippen LogP contribution in [-0.4, -0.2) is 31.3 Å². The lowest BCUT2D eigenvalue weighted by atomic mass is 10.1. The van der Waals surface area contributed by atoms with Crippen molar-refractivity contribution in [3.05, 3.63) is 89.3 Å². The van der Waals surface area contributed by atoms with E-state index in [9.17, 15) is 4.39 Å². The van der Waals surface area contributed by atoms with Gasteiger partial charge in [-0.05, 0) is 37.4 Å². The summed E-state index contributed by atoms with van der Waals surface area (Å²) in [6.07, 6.45) is 5.70. The molecule has 148 valence electrons. The maximum atomic E-state index is 13.3. The zero-order chi connectivity index (χ0) is 20.4. The summed E-state index contributed by atoms with van der Waals surface area (Å²) >= 11 is 6.45. The van der Waals surface area contributed by atoms with Gasteiger partial charge < -0.3 is 4.57 Å². The third-order valence-corrected chi connectivity index (χ3v) is 5.11. The number of halogens is 2. The maximum absolute atomic E-state index is 13.3. The number of hydrogen-bond donors (Lipinski definition) is 0. The minimum Gasteiger partial charge on any atom is -0.337 e. The minimum absolute atomic E-state index is 0.276. The van der Waals surface area contributed by atoms with E-state index in [2.05, 4.69) is 9.88 Å². The molecule has 0 aliphatic rings. The predicted molar refractivity (Wildman–Crippen MR) is 112 cm³/mol. The first-order chi connectivity index (χ1) is 14.0. The van der Waals surface area contributed by atoms with E-state index in [1.54, 1.807) is 23.0 Å². The molecule has 0 fully saturated rings. The lowest BCUT2D eigenvalue weighted by molar-refractivity contribution is 0.307. The molecule has 0 radical (unpaired) electrons. The molecule has 2 heterocycles. The van der Waals surface area contributed by atoms with Gasteiger partial charge in [-0.25, -0.2) is 14.1 Å². The van der Waals surface area contributed by atoms with Crippen LogP contribution >= 0.6 is 11.6 Å². The molecule has 0 N–H and O–H groups in total. The Labute approximate surface area is 174 Å².